The maximum atomic E-state index is 13.9. The van der Waals surface area contributed by atoms with E-state index in [1.165, 1.54) is 43.3 Å². The van der Waals surface area contributed by atoms with Gasteiger partial charge in [-0.05, 0) is 92.3 Å². The third kappa shape index (κ3) is 5.21. The van der Waals surface area contributed by atoms with E-state index in [4.69, 9.17) is 4.74 Å². The van der Waals surface area contributed by atoms with Crippen molar-refractivity contribution in [2.75, 3.05) is 5.32 Å². The average molecular weight is 475 g/mol. The van der Waals surface area contributed by atoms with Crippen LogP contribution in [0.1, 0.15) is 58.3 Å². The zero-order valence-corrected chi connectivity index (χ0v) is 18.5. The molecule has 0 amide bonds. The predicted molar refractivity (Wildman–Crippen MR) is 118 cm³/mol. The first-order valence-corrected chi connectivity index (χ1v) is 10.8. The van der Waals surface area contributed by atoms with Gasteiger partial charge >= 0.3 is 6.18 Å². The number of hydrogen-bond donors (Lipinski definition) is 1. The van der Waals surface area contributed by atoms with Gasteiger partial charge in [0.2, 0.25) is 0 Å². The summed E-state index contributed by atoms with van der Waals surface area (Å²) in [5, 5.41) is 2.95. The van der Waals surface area contributed by atoms with Crippen LogP contribution >= 0.6 is 0 Å². The number of Topliss-reactive ketones (excluding diaryl/α,β-unsaturated/α-hetero) is 1. The number of carbonyl (C=O) groups excluding carboxylic acids is 1. The van der Waals surface area contributed by atoms with E-state index < -0.39 is 29.2 Å². The molecule has 8 heteroatoms. The van der Waals surface area contributed by atoms with E-state index in [9.17, 15) is 26.7 Å². The van der Waals surface area contributed by atoms with E-state index in [1.807, 2.05) is 0 Å². The Labute approximate surface area is 193 Å². The number of ketones is 1. The Balaban J connectivity index is 1.73. The van der Waals surface area contributed by atoms with Crippen LogP contribution in [0, 0.1) is 18.6 Å². The third-order valence-corrected chi connectivity index (χ3v) is 5.74. The van der Waals surface area contributed by atoms with E-state index in [0.717, 1.165) is 12.1 Å². The van der Waals surface area contributed by atoms with E-state index in [0.29, 0.717) is 29.8 Å². The quantitative estimate of drug-likeness (QED) is 0.280. The molecule has 178 valence electrons. The molecule has 0 saturated heterocycles. The first-order valence-electron chi connectivity index (χ1n) is 10.8. The highest BCUT2D eigenvalue weighted by molar-refractivity contribution is 5.95. The Kier molecular flexibility index (Phi) is 6.34. The van der Waals surface area contributed by atoms with Crippen molar-refractivity contribution in [2.45, 2.75) is 45.3 Å². The SMILES string of the molecule is CC(=O)c1cc(NCc2cc(C(F)(F)F)c(C3CC3)cc2Oc2ccc(F)cc2C)ccc1F. The lowest BCUT2D eigenvalue weighted by molar-refractivity contribution is -0.138. The zero-order valence-electron chi connectivity index (χ0n) is 18.5. The third-order valence-electron chi connectivity index (χ3n) is 5.74. The minimum absolute atomic E-state index is 0.0768. The maximum absolute atomic E-state index is 13.9. The largest absolute Gasteiger partial charge is 0.457 e. The first kappa shape index (κ1) is 23.7. The van der Waals surface area contributed by atoms with E-state index in [2.05, 4.69) is 5.32 Å². The van der Waals surface area contributed by atoms with Gasteiger partial charge < -0.3 is 10.1 Å². The molecule has 1 saturated carbocycles. The highest BCUT2D eigenvalue weighted by Crippen LogP contribution is 2.48. The fourth-order valence-electron chi connectivity index (χ4n) is 3.80. The smallest absolute Gasteiger partial charge is 0.416 e. The normalized spacial score (nSPS) is 13.6. The summed E-state index contributed by atoms with van der Waals surface area (Å²) in [6.45, 7) is 2.79. The van der Waals surface area contributed by atoms with Gasteiger partial charge in [-0.25, -0.2) is 8.78 Å². The van der Waals surface area contributed by atoms with Gasteiger partial charge in [0.1, 0.15) is 23.1 Å². The average Bonchev–Trinajstić information content (AvgIpc) is 3.59. The summed E-state index contributed by atoms with van der Waals surface area (Å²) in [5.74, 6) is -1.25. The summed E-state index contributed by atoms with van der Waals surface area (Å²) in [4.78, 5) is 11.6. The number of halogens is 5. The summed E-state index contributed by atoms with van der Waals surface area (Å²) < 4.78 is 74.9. The number of carbonyl (C=O) groups is 1. The van der Waals surface area contributed by atoms with Crippen molar-refractivity contribution in [3.8, 4) is 11.5 Å². The molecule has 3 aromatic rings. The molecule has 3 aromatic carbocycles. The van der Waals surface area contributed by atoms with Crippen molar-refractivity contribution in [2.24, 2.45) is 0 Å². The van der Waals surface area contributed by atoms with Crippen LogP contribution < -0.4 is 10.1 Å². The van der Waals surface area contributed by atoms with Gasteiger partial charge in [-0.2, -0.15) is 13.2 Å². The topological polar surface area (TPSA) is 38.3 Å². The summed E-state index contributed by atoms with van der Waals surface area (Å²) >= 11 is 0. The number of nitrogens with one attached hydrogen (secondary N) is 1. The first-order chi connectivity index (χ1) is 16.0. The molecule has 0 heterocycles. The number of anilines is 1. The molecule has 0 spiro atoms. The molecule has 3 nitrogen and oxygen atoms in total. The molecule has 0 atom stereocenters. The Bertz CT molecular complexity index is 1250. The molecular formula is C26H22F5NO2. The molecule has 4 rings (SSSR count). The monoisotopic (exact) mass is 475 g/mol. The predicted octanol–water partition coefficient (Wildman–Crippen LogP) is 7.78. The lowest BCUT2D eigenvalue weighted by Crippen LogP contribution is -2.12. The Morgan fingerprint density at radius 1 is 1.03 bits per heavy atom. The second-order valence-corrected chi connectivity index (χ2v) is 8.44. The van der Waals surface area contributed by atoms with Gasteiger partial charge in [-0.1, -0.05) is 0 Å². The molecule has 0 unspecified atom stereocenters. The summed E-state index contributed by atoms with van der Waals surface area (Å²) in [6, 6.07) is 10.2. The molecule has 1 fully saturated rings. The van der Waals surface area contributed by atoms with Gasteiger partial charge in [-0.15, -0.1) is 0 Å². The lowest BCUT2D eigenvalue weighted by Gasteiger charge is -2.20. The number of hydrogen-bond acceptors (Lipinski definition) is 3. The van der Waals surface area contributed by atoms with Gasteiger partial charge in [0, 0.05) is 17.8 Å². The standard InChI is InChI=1S/C26H22F5NO2/c1-14-9-18(27)5-8-24(14)34-25-12-21(16-3-4-16)22(26(29,30)31)10-17(25)13-32-19-6-7-23(28)20(11-19)15(2)33/h5-12,16,32H,3-4,13H2,1-2H3. The van der Waals surface area contributed by atoms with Crippen LogP contribution in [0.5, 0.6) is 11.5 Å². The van der Waals surface area contributed by atoms with Crippen molar-refractivity contribution >= 4 is 11.5 Å². The van der Waals surface area contributed by atoms with E-state index in [1.54, 1.807) is 6.92 Å². The van der Waals surface area contributed by atoms with Crippen molar-refractivity contribution in [3.05, 3.63) is 88.0 Å². The molecule has 1 aliphatic rings. The van der Waals surface area contributed by atoms with Crippen molar-refractivity contribution < 1.29 is 31.5 Å². The molecule has 34 heavy (non-hydrogen) atoms. The van der Waals surface area contributed by atoms with E-state index in [-0.39, 0.29) is 34.9 Å². The van der Waals surface area contributed by atoms with Gasteiger partial charge in [0.25, 0.3) is 0 Å². The van der Waals surface area contributed by atoms with Crippen molar-refractivity contribution in [1.29, 1.82) is 0 Å². The van der Waals surface area contributed by atoms with Crippen molar-refractivity contribution in [1.82, 2.24) is 0 Å². The number of alkyl halides is 3. The van der Waals surface area contributed by atoms with Crippen LogP contribution in [0.2, 0.25) is 0 Å². The van der Waals surface area contributed by atoms with Crippen LogP contribution in [0.25, 0.3) is 0 Å². The van der Waals surface area contributed by atoms with Crippen LogP contribution in [0.15, 0.2) is 48.5 Å². The van der Waals surface area contributed by atoms with Crippen LogP contribution in [0.4, 0.5) is 27.6 Å². The molecule has 0 radical (unpaired) electrons. The molecule has 0 aromatic heterocycles. The fraction of sp³-hybridized carbons (Fsp3) is 0.269. The Morgan fingerprint density at radius 2 is 1.76 bits per heavy atom. The Morgan fingerprint density at radius 3 is 2.38 bits per heavy atom. The second kappa shape index (κ2) is 9.08. The minimum Gasteiger partial charge on any atom is -0.457 e. The van der Waals surface area contributed by atoms with Crippen LogP contribution in [0.3, 0.4) is 0 Å². The Hall–Kier alpha value is -3.42. The summed E-state index contributed by atoms with van der Waals surface area (Å²) in [6.07, 6.45) is -3.22. The zero-order chi connectivity index (χ0) is 24.6. The number of rotatable bonds is 7. The highest BCUT2D eigenvalue weighted by atomic mass is 19.4. The van der Waals surface area contributed by atoms with Gasteiger partial charge in [-0.3, -0.25) is 4.79 Å². The summed E-state index contributed by atoms with van der Waals surface area (Å²) in [7, 11) is 0. The molecule has 1 aliphatic carbocycles. The molecule has 1 N–H and O–H groups in total. The van der Waals surface area contributed by atoms with Gasteiger partial charge in [0.15, 0.2) is 5.78 Å². The number of ether oxygens (including phenoxy) is 1. The molecule has 0 bridgehead atoms. The maximum Gasteiger partial charge on any atom is 0.416 e. The number of benzene rings is 3. The fourth-order valence-corrected chi connectivity index (χ4v) is 3.80. The number of aryl methyl sites for hydroxylation is 1. The van der Waals surface area contributed by atoms with Crippen LogP contribution in [-0.4, -0.2) is 5.78 Å². The molecular weight excluding hydrogens is 453 g/mol. The minimum atomic E-state index is -4.55. The highest BCUT2D eigenvalue weighted by Gasteiger charge is 2.39. The van der Waals surface area contributed by atoms with Crippen LogP contribution in [-0.2, 0) is 12.7 Å². The second-order valence-electron chi connectivity index (χ2n) is 8.44. The van der Waals surface area contributed by atoms with Crippen molar-refractivity contribution in [3.63, 3.8) is 0 Å². The molecule has 0 aliphatic heterocycles. The summed E-state index contributed by atoms with van der Waals surface area (Å²) in [5.41, 5.74) is 0.412. The van der Waals surface area contributed by atoms with Gasteiger partial charge in [0.05, 0.1) is 11.1 Å². The lowest BCUT2D eigenvalue weighted by atomic mass is 9.98. The van der Waals surface area contributed by atoms with E-state index >= 15 is 0 Å².